The minimum absolute atomic E-state index is 0.0130. The fraction of sp³-hybridized carbons (Fsp3) is 0.286. The van der Waals surface area contributed by atoms with E-state index in [-0.39, 0.29) is 30.3 Å². The van der Waals surface area contributed by atoms with Gasteiger partial charge in [-0.15, -0.1) is 0 Å². The highest BCUT2D eigenvalue weighted by molar-refractivity contribution is 6.03. The molecule has 0 aromatic heterocycles. The van der Waals surface area contributed by atoms with Crippen LogP contribution in [-0.4, -0.2) is 39.5 Å². The molecule has 1 aliphatic heterocycles. The van der Waals surface area contributed by atoms with Crippen molar-refractivity contribution in [3.05, 3.63) is 41.1 Å². The van der Waals surface area contributed by atoms with Crippen molar-refractivity contribution < 1.29 is 32.6 Å². The number of carbonyl (C=O) groups excluding carboxylic acids is 2. The van der Waals surface area contributed by atoms with Crippen LogP contribution in [0, 0.1) is 11.6 Å². The Morgan fingerprint density at radius 2 is 1.68 bits per heavy atom. The lowest BCUT2D eigenvalue weighted by atomic mass is 10.1. The van der Waals surface area contributed by atoms with Gasteiger partial charge in [-0.2, -0.15) is 0 Å². The summed E-state index contributed by atoms with van der Waals surface area (Å²) in [5.74, 6) is -3.29. The zero-order valence-corrected chi connectivity index (χ0v) is 11.9. The first-order valence-electron chi connectivity index (χ1n) is 6.19. The predicted octanol–water partition coefficient (Wildman–Crippen LogP) is 1.36. The number of nitrogens with zero attached hydrogens (tertiary/aromatic N) is 1. The fourth-order valence-electron chi connectivity index (χ4n) is 2.04. The van der Waals surface area contributed by atoms with Gasteiger partial charge in [0.25, 0.3) is 0 Å². The Bertz CT molecular complexity index is 624. The first-order valence-corrected chi connectivity index (χ1v) is 6.19. The van der Waals surface area contributed by atoms with Crippen LogP contribution in [0.1, 0.15) is 0 Å². The lowest BCUT2D eigenvalue weighted by Gasteiger charge is -2.31. The van der Waals surface area contributed by atoms with Gasteiger partial charge in [0, 0.05) is 11.8 Å². The van der Waals surface area contributed by atoms with E-state index in [1.54, 1.807) is 0 Å². The van der Waals surface area contributed by atoms with Crippen molar-refractivity contribution in [2.24, 2.45) is 0 Å². The molecule has 2 rings (SSSR count). The molecule has 0 saturated heterocycles. The molecule has 0 amide bonds. The molecule has 1 heterocycles. The number of rotatable bonds is 3. The van der Waals surface area contributed by atoms with E-state index in [0.717, 1.165) is 31.3 Å². The Morgan fingerprint density at radius 3 is 2.23 bits per heavy atom. The summed E-state index contributed by atoms with van der Waals surface area (Å²) in [7, 11) is 2.27. The normalized spacial score (nSPS) is 14.8. The number of carbonyl (C=O) groups is 2. The lowest BCUT2D eigenvalue weighted by molar-refractivity contribution is -0.140. The summed E-state index contributed by atoms with van der Waals surface area (Å²) in [6.07, 6.45) is 0. The molecule has 0 aliphatic carbocycles. The average Bonchev–Trinajstić information content (AvgIpc) is 2.51. The highest BCUT2D eigenvalue weighted by Crippen LogP contribution is 2.27. The van der Waals surface area contributed by atoms with Gasteiger partial charge in [0.1, 0.15) is 24.1 Å². The second-order valence-corrected chi connectivity index (χ2v) is 4.34. The monoisotopic (exact) mass is 313 g/mol. The van der Waals surface area contributed by atoms with Crippen molar-refractivity contribution in [1.82, 2.24) is 0 Å². The van der Waals surface area contributed by atoms with E-state index in [1.807, 2.05) is 0 Å². The minimum Gasteiger partial charge on any atom is -0.466 e. The maximum atomic E-state index is 13.4. The summed E-state index contributed by atoms with van der Waals surface area (Å²) in [6.45, 7) is -0.348. The largest absolute Gasteiger partial charge is 0.466 e. The van der Waals surface area contributed by atoms with Crippen LogP contribution in [0.2, 0.25) is 0 Å². The first kappa shape index (κ1) is 15.9. The molecular formula is C14H13F2NO5. The fourth-order valence-corrected chi connectivity index (χ4v) is 2.04. The van der Waals surface area contributed by atoms with Crippen LogP contribution in [0.5, 0.6) is 0 Å². The van der Waals surface area contributed by atoms with Crippen LogP contribution in [0.4, 0.5) is 14.5 Å². The van der Waals surface area contributed by atoms with Crippen LogP contribution >= 0.6 is 0 Å². The van der Waals surface area contributed by atoms with Gasteiger partial charge in [0.15, 0.2) is 0 Å². The molecule has 1 aromatic carbocycles. The van der Waals surface area contributed by atoms with Crippen LogP contribution in [0.15, 0.2) is 29.5 Å². The van der Waals surface area contributed by atoms with Gasteiger partial charge in [-0.3, -0.25) is 0 Å². The van der Waals surface area contributed by atoms with Gasteiger partial charge in [-0.25, -0.2) is 18.4 Å². The third kappa shape index (κ3) is 3.06. The van der Waals surface area contributed by atoms with E-state index in [9.17, 15) is 18.4 Å². The Hall–Kier alpha value is -2.48. The summed E-state index contributed by atoms with van der Waals surface area (Å²) in [5.41, 5.74) is -0.255. The number of ether oxygens (including phenoxy) is 3. The molecule has 0 spiro atoms. The molecule has 1 aromatic rings. The summed E-state index contributed by atoms with van der Waals surface area (Å²) >= 11 is 0. The van der Waals surface area contributed by atoms with E-state index < -0.39 is 23.6 Å². The number of benzene rings is 1. The smallest absolute Gasteiger partial charge is 0.355 e. The molecule has 6 nitrogen and oxygen atoms in total. The topological polar surface area (TPSA) is 65.1 Å². The number of methoxy groups -OCH3 is 2. The van der Waals surface area contributed by atoms with Crippen molar-refractivity contribution in [2.75, 3.05) is 32.5 Å². The Kier molecular flexibility index (Phi) is 4.71. The molecule has 0 fully saturated rings. The highest BCUT2D eigenvalue weighted by atomic mass is 19.1. The molecule has 22 heavy (non-hydrogen) atoms. The summed E-state index contributed by atoms with van der Waals surface area (Å²) in [6, 6.07) is 2.71. The predicted molar refractivity (Wildman–Crippen MR) is 70.7 cm³/mol. The van der Waals surface area contributed by atoms with Crippen LogP contribution in [0.25, 0.3) is 0 Å². The number of anilines is 1. The standard InChI is InChI=1S/C14H13F2NO5/c1-20-13(18)11-6-22-7-17(12(11)14(19)21-2)10-4-8(15)3-9(16)5-10/h3-5H,6-7H2,1-2H3. The van der Waals surface area contributed by atoms with Crippen molar-refractivity contribution in [2.45, 2.75) is 0 Å². The summed E-state index contributed by atoms with van der Waals surface area (Å²) < 4.78 is 41.2. The molecule has 0 saturated carbocycles. The molecule has 0 atom stereocenters. The van der Waals surface area contributed by atoms with Crippen molar-refractivity contribution in [3.8, 4) is 0 Å². The number of hydrogen-bond acceptors (Lipinski definition) is 6. The summed E-state index contributed by atoms with van der Waals surface area (Å²) in [4.78, 5) is 24.9. The Labute approximate surface area is 124 Å². The van der Waals surface area contributed by atoms with E-state index in [0.29, 0.717) is 6.07 Å². The van der Waals surface area contributed by atoms with Crippen molar-refractivity contribution in [1.29, 1.82) is 0 Å². The zero-order valence-electron chi connectivity index (χ0n) is 11.9. The van der Waals surface area contributed by atoms with Gasteiger partial charge >= 0.3 is 11.9 Å². The van der Waals surface area contributed by atoms with Crippen LogP contribution in [0.3, 0.4) is 0 Å². The number of esters is 2. The third-order valence-corrected chi connectivity index (χ3v) is 2.99. The highest BCUT2D eigenvalue weighted by Gasteiger charge is 2.32. The Morgan fingerprint density at radius 1 is 1.09 bits per heavy atom. The van der Waals surface area contributed by atoms with Gasteiger partial charge in [-0.05, 0) is 12.1 Å². The van der Waals surface area contributed by atoms with E-state index in [4.69, 9.17) is 4.74 Å². The van der Waals surface area contributed by atoms with E-state index in [2.05, 4.69) is 9.47 Å². The molecule has 8 heteroatoms. The number of hydrogen-bond donors (Lipinski definition) is 0. The van der Waals surface area contributed by atoms with Gasteiger partial charge in [0.05, 0.1) is 26.4 Å². The third-order valence-electron chi connectivity index (χ3n) is 2.99. The van der Waals surface area contributed by atoms with Crippen molar-refractivity contribution >= 4 is 17.6 Å². The second-order valence-electron chi connectivity index (χ2n) is 4.34. The van der Waals surface area contributed by atoms with Gasteiger partial charge in [0.2, 0.25) is 0 Å². The van der Waals surface area contributed by atoms with E-state index in [1.165, 1.54) is 0 Å². The Balaban J connectivity index is 2.57. The summed E-state index contributed by atoms with van der Waals surface area (Å²) in [5, 5.41) is 0. The maximum absolute atomic E-state index is 13.4. The SMILES string of the molecule is COC(=O)C1=C(C(=O)OC)N(c2cc(F)cc(F)c2)COC1. The maximum Gasteiger partial charge on any atom is 0.355 e. The zero-order chi connectivity index (χ0) is 16.3. The lowest BCUT2D eigenvalue weighted by Crippen LogP contribution is -2.38. The quantitative estimate of drug-likeness (QED) is 0.785. The molecule has 0 N–H and O–H groups in total. The van der Waals surface area contributed by atoms with Gasteiger partial charge < -0.3 is 19.1 Å². The molecule has 0 unspecified atom stereocenters. The minimum atomic E-state index is -0.839. The molecule has 0 bridgehead atoms. The van der Waals surface area contributed by atoms with Gasteiger partial charge in [-0.1, -0.05) is 0 Å². The van der Waals surface area contributed by atoms with E-state index >= 15 is 0 Å². The molecule has 0 radical (unpaired) electrons. The van der Waals surface area contributed by atoms with Crippen LogP contribution in [-0.2, 0) is 23.8 Å². The molecular weight excluding hydrogens is 300 g/mol. The number of halogens is 2. The average molecular weight is 313 g/mol. The first-order chi connectivity index (χ1) is 10.5. The van der Waals surface area contributed by atoms with Crippen molar-refractivity contribution in [3.63, 3.8) is 0 Å². The van der Waals surface area contributed by atoms with Crippen LogP contribution < -0.4 is 4.90 Å². The molecule has 118 valence electrons. The molecule has 1 aliphatic rings. The second kappa shape index (κ2) is 6.52.